The maximum absolute atomic E-state index is 11.2. The summed E-state index contributed by atoms with van der Waals surface area (Å²) in [5.41, 5.74) is 1.32. The van der Waals surface area contributed by atoms with Gasteiger partial charge in [0.25, 0.3) is 0 Å². The smallest absolute Gasteiger partial charge is 0.326 e. The van der Waals surface area contributed by atoms with Crippen molar-refractivity contribution in [3.63, 3.8) is 0 Å². The van der Waals surface area contributed by atoms with Crippen LogP contribution in [0.15, 0.2) is 6.33 Å². The number of nitrogens with one attached hydrogen (secondary N) is 1. The van der Waals surface area contributed by atoms with Crippen molar-refractivity contribution in [2.75, 3.05) is 5.32 Å². The molecule has 2 aromatic heterocycles. The maximum Gasteiger partial charge on any atom is 0.326 e. The zero-order chi connectivity index (χ0) is 14.1. The van der Waals surface area contributed by atoms with Gasteiger partial charge in [-0.25, -0.2) is 14.8 Å². The first-order valence-electron chi connectivity index (χ1n) is 6.95. The van der Waals surface area contributed by atoms with Crippen LogP contribution in [-0.4, -0.2) is 27.1 Å². The minimum atomic E-state index is -0.844. The van der Waals surface area contributed by atoms with Crippen molar-refractivity contribution >= 4 is 33.3 Å². The minimum Gasteiger partial charge on any atom is -0.480 e. The van der Waals surface area contributed by atoms with Crippen molar-refractivity contribution in [3.05, 3.63) is 16.8 Å². The Balaban J connectivity index is 2.06. The first-order chi connectivity index (χ1) is 9.70. The Labute approximate surface area is 121 Å². The van der Waals surface area contributed by atoms with Gasteiger partial charge in [-0.15, -0.1) is 11.3 Å². The number of carboxylic acids is 1. The van der Waals surface area contributed by atoms with Crippen LogP contribution in [0.2, 0.25) is 0 Å². The molecule has 5 nitrogen and oxygen atoms in total. The third kappa shape index (κ3) is 2.24. The van der Waals surface area contributed by atoms with E-state index in [4.69, 9.17) is 0 Å². The molecule has 1 unspecified atom stereocenters. The molecule has 0 saturated carbocycles. The van der Waals surface area contributed by atoms with E-state index in [-0.39, 0.29) is 0 Å². The van der Waals surface area contributed by atoms with E-state index in [1.165, 1.54) is 29.6 Å². The van der Waals surface area contributed by atoms with Crippen LogP contribution in [0.25, 0.3) is 10.2 Å². The molecule has 2 N–H and O–H groups in total. The van der Waals surface area contributed by atoms with Crippen LogP contribution < -0.4 is 5.32 Å². The average molecular weight is 291 g/mol. The summed E-state index contributed by atoms with van der Waals surface area (Å²) in [6.07, 6.45) is 6.59. The quantitative estimate of drug-likeness (QED) is 0.906. The summed E-state index contributed by atoms with van der Waals surface area (Å²) in [7, 11) is 0. The van der Waals surface area contributed by atoms with Gasteiger partial charge in [-0.1, -0.05) is 6.92 Å². The van der Waals surface area contributed by atoms with E-state index in [0.717, 1.165) is 23.1 Å². The Morgan fingerprint density at radius 3 is 3.00 bits per heavy atom. The van der Waals surface area contributed by atoms with Crippen LogP contribution in [0.3, 0.4) is 0 Å². The van der Waals surface area contributed by atoms with Crippen molar-refractivity contribution < 1.29 is 9.90 Å². The number of aromatic nitrogens is 2. The van der Waals surface area contributed by atoms with Crippen molar-refractivity contribution in [1.29, 1.82) is 0 Å². The second kappa shape index (κ2) is 5.36. The van der Waals surface area contributed by atoms with Gasteiger partial charge >= 0.3 is 5.97 Å². The lowest BCUT2D eigenvalue weighted by Crippen LogP contribution is -2.28. The number of anilines is 1. The van der Waals surface area contributed by atoms with E-state index < -0.39 is 12.0 Å². The zero-order valence-corrected chi connectivity index (χ0v) is 12.2. The van der Waals surface area contributed by atoms with Gasteiger partial charge in [-0.3, -0.25) is 0 Å². The Morgan fingerprint density at radius 1 is 1.45 bits per heavy atom. The molecule has 1 aliphatic carbocycles. The molecule has 0 fully saturated rings. The lowest BCUT2D eigenvalue weighted by Gasteiger charge is -2.15. The van der Waals surface area contributed by atoms with Crippen LogP contribution in [0.5, 0.6) is 0 Å². The topological polar surface area (TPSA) is 75.1 Å². The van der Waals surface area contributed by atoms with Crippen molar-refractivity contribution in [1.82, 2.24) is 9.97 Å². The number of fused-ring (bicyclic) bond motifs is 3. The molecule has 20 heavy (non-hydrogen) atoms. The highest BCUT2D eigenvalue weighted by atomic mass is 32.1. The summed E-state index contributed by atoms with van der Waals surface area (Å²) in [4.78, 5) is 22.2. The lowest BCUT2D eigenvalue weighted by atomic mass is 9.97. The second-order valence-electron chi connectivity index (χ2n) is 5.06. The number of thiophene rings is 1. The molecule has 0 amide bonds. The number of aliphatic carboxylic acids is 1. The van der Waals surface area contributed by atoms with Gasteiger partial charge in [0.05, 0.1) is 5.39 Å². The van der Waals surface area contributed by atoms with E-state index in [1.54, 1.807) is 11.3 Å². The Morgan fingerprint density at radius 2 is 2.25 bits per heavy atom. The molecular weight excluding hydrogens is 274 g/mol. The van der Waals surface area contributed by atoms with Gasteiger partial charge < -0.3 is 10.4 Å². The molecule has 106 valence electrons. The predicted octanol–water partition coefficient (Wildman–Crippen LogP) is 2.85. The third-order valence-electron chi connectivity index (χ3n) is 3.77. The van der Waals surface area contributed by atoms with Gasteiger partial charge in [0.2, 0.25) is 0 Å². The first-order valence-corrected chi connectivity index (χ1v) is 7.77. The molecular formula is C14H17N3O2S. The number of rotatable bonds is 4. The molecule has 2 aromatic rings. The molecule has 0 saturated heterocycles. The predicted molar refractivity (Wildman–Crippen MR) is 79.4 cm³/mol. The largest absolute Gasteiger partial charge is 0.480 e. The second-order valence-corrected chi connectivity index (χ2v) is 6.14. The number of hydrogen-bond donors (Lipinski definition) is 2. The number of carboxylic acid groups (broad SMARTS) is 1. The van der Waals surface area contributed by atoms with Gasteiger partial charge in [0, 0.05) is 4.88 Å². The molecule has 0 radical (unpaired) electrons. The lowest BCUT2D eigenvalue weighted by molar-refractivity contribution is -0.137. The Hall–Kier alpha value is -1.69. The molecule has 6 heteroatoms. The minimum absolute atomic E-state index is 0.521. The van der Waals surface area contributed by atoms with E-state index in [0.29, 0.717) is 12.2 Å². The highest BCUT2D eigenvalue weighted by Gasteiger charge is 2.22. The summed E-state index contributed by atoms with van der Waals surface area (Å²) in [6, 6.07) is -0.604. The normalized spacial score (nSPS) is 15.8. The van der Waals surface area contributed by atoms with Crippen molar-refractivity contribution in [2.45, 2.75) is 45.1 Å². The van der Waals surface area contributed by atoms with E-state index >= 15 is 0 Å². The third-order valence-corrected chi connectivity index (χ3v) is 4.97. The molecule has 0 bridgehead atoms. The summed E-state index contributed by atoms with van der Waals surface area (Å²) in [5.74, 6) is -0.174. The van der Waals surface area contributed by atoms with Gasteiger partial charge in [0.1, 0.15) is 23.0 Å². The fourth-order valence-electron chi connectivity index (χ4n) is 2.70. The maximum atomic E-state index is 11.2. The van der Waals surface area contributed by atoms with Crippen molar-refractivity contribution in [2.24, 2.45) is 0 Å². The summed E-state index contributed by atoms with van der Waals surface area (Å²) in [6.45, 7) is 1.85. The number of carbonyl (C=O) groups is 1. The molecule has 0 spiro atoms. The SMILES string of the molecule is CCC(Nc1ncnc2sc3c(c12)CCCC3)C(=O)O. The highest BCUT2D eigenvalue weighted by molar-refractivity contribution is 7.19. The molecule has 3 rings (SSSR count). The molecule has 0 aliphatic heterocycles. The first kappa shape index (κ1) is 13.3. The zero-order valence-electron chi connectivity index (χ0n) is 11.3. The standard InChI is InChI=1S/C14H17N3O2S/c1-2-9(14(18)19)17-12-11-8-5-3-4-6-10(8)20-13(11)16-7-15-12/h7,9H,2-6H2,1H3,(H,18,19)(H,15,16,17). The van der Waals surface area contributed by atoms with Crippen LogP contribution in [0.1, 0.15) is 36.6 Å². The van der Waals surface area contributed by atoms with Crippen LogP contribution in [-0.2, 0) is 17.6 Å². The Bertz CT molecular complexity index is 653. The van der Waals surface area contributed by atoms with Gasteiger partial charge in [-0.05, 0) is 37.7 Å². The number of hydrogen-bond acceptors (Lipinski definition) is 5. The van der Waals surface area contributed by atoms with E-state index in [1.807, 2.05) is 6.92 Å². The van der Waals surface area contributed by atoms with E-state index in [9.17, 15) is 9.90 Å². The number of aryl methyl sites for hydroxylation is 2. The summed E-state index contributed by atoms with van der Waals surface area (Å²) < 4.78 is 0. The monoisotopic (exact) mass is 291 g/mol. The molecule has 2 heterocycles. The summed E-state index contributed by atoms with van der Waals surface area (Å²) >= 11 is 1.72. The summed E-state index contributed by atoms with van der Waals surface area (Å²) in [5, 5.41) is 13.3. The van der Waals surface area contributed by atoms with Crippen molar-refractivity contribution in [3.8, 4) is 0 Å². The Kier molecular flexibility index (Phi) is 3.56. The average Bonchev–Trinajstić information content (AvgIpc) is 2.83. The highest BCUT2D eigenvalue weighted by Crippen LogP contribution is 2.38. The number of nitrogens with zero attached hydrogens (tertiary/aromatic N) is 2. The van der Waals surface area contributed by atoms with Crippen LogP contribution in [0.4, 0.5) is 5.82 Å². The van der Waals surface area contributed by atoms with Crippen LogP contribution in [0, 0.1) is 0 Å². The van der Waals surface area contributed by atoms with Gasteiger partial charge in [-0.2, -0.15) is 0 Å². The molecule has 0 aromatic carbocycles. The fraction of sp³-hybridized carbons (Fsp3) is 0.500. The van der Waals surface area contributed by atoms with Crippen LogP contribution >= 0.6 is 11.3 Å². The molecule has 1 atom stereocenters. The fourth-order valence-corrected chi connectivity index (χ4v) is 3.93. The van der Waals surface area contributed by atoms with Gasteiger partial charge in [0.15, 0.2) is 0 Å². The molecule has 1 aliphatic rings. The van der Waals surface area contributed by atoms with E-state index in [2.05, 4.69) is 15.3 Å².